The predicted molar refractivity (Wildman–Crippen MR) is 61.5 cm³/mol. The maximum absolute atomic E-state index is 11.2. The van der Waals surface area contributed by atoms with Crippen LogP contribution in [0, 0.1) is 5.92 Å². The predicted octanol–water partition coefficient (Wildman–Crippen LogP) is 1.08. The lowest BCUT2D eigenvalue weighted by Gasteiger charge is -2.14. The first-order valence-electron chi connectivity index (χ1n) is 5.72. The number of esters is 1. The summed E-state index contributed by atoms with van der Waals surface area (Å²) in [5.74, 6) is 0.711. The molecule has 2 aliphatic heterocycles. The van der Waals surface area contributed by atoms with Gasteiger partial charge in [0, 0.05) is 5.92 Å². The quantitative estimate of drug-likeness (QED) is 0.695. The minimum atomic E-state index is -0.151. The lowest BCUT2D eigenvalue weighted by atomic mass is 10.0. The molecule has 2 saturated heterocycles. The molecule has 0 aromatic heterocycles. The first-order valence-corrected chi connectivity index (χ1v) is 6.77. The van der Waals surface area contributed by atoms with Gasteiger partial charge in [-0.05, 0) is 6.92 Å². The van der Waals surface area contributed by atoms with Gasteiger partial charge in [-0.15, -0.1) is 11.8 Å². The normalized spacial score (nSPS) is 37.4. The molecular formula is C11H18O4S. The number of ether oxygens (including phenoxy) is 3. The van der Waals surface area contributed by atoms with Crippen LogP contribution in [0.5, 0.6) is 0 Å². The topological polar surface area (TPSA) is 44.8 Å². The molecule has 2 heterocycles. The van der Waals surface area contributed by atoms with Crippen LogP contribution in [0.15, 0.2) is 0 Å². The van der Waals surface area contributed by atoms with Crippen LogP contribution in [0.25, 0.3) is 0 Å². The van der Waals surface area contributed by atoms with Gasteiger partial charge < -0.3 is 14.2 Å². The molecule has 2 aliphatic rings. The van der Waals surface area contributed by atoms with Crippen molar-refractivity contribution in [3.05, 3.63) is 0 Å². The van der Waals surface area contributed by atoms with E-state index in [1.165, 1.54) is 0 Å². The summed E-state index contributed by atoms with van der Waals surface area (Å²) >= 11 is 1.59. The number of rotatable bonds is 4. The Bertz CT molecular complexity index is 258. The van der Waals surface area contributed by atoms with Crippen LogP contribution < -0.4 is 0 Å². The Morgan fingerprint density at radius 3 is 2.88 bits per heavy atom. The highest BCUT2D eigenvalue weighted by Crippen LogP contribution is 2.36. The summed E-state index contributed by atoms with van der Waals surface area (Å²) < 4.78 is 16.3. The van der Waals surface area contributed by atoms with E-state index in [0.29, 0.717) is 24.9 Å². The van der Waals surface area contributed by atoms with Crippen LogP contribution in [0.4, 0.5) is 0 Å². The molecule has 0 amide bonds. The van der Waals surface area contributed by atoms with E-state index in [0.717, 1.165) is 6.61 Å². The molecule has 2 fully saturated rings. The minimum absolute atomic E-state index is 0.151. The Labute approximate surface area is 100 Å². The fourth-order valence-electron chi connectivity index (χ4n) is 2.18. The fourth-order valence-corrected chi connectivity index (χ4v) is 3.21. The lowest BCUT2D eigenvalue weighted by molar-refractivity contribution is -0.139. The largest absolute Gasteiger partial charge is 0.465 e. The number of carbonyl (C=O) groups excluding carboxylic acids is 1. The molecule has 16 heavy (non-hydrogen) atoms. The smallest absolute Gasteiger partial charge is 0.315 e. The van der Waals surface area contributed by atoms with E-state index in [4.69, 9.17) is 14.2 Å². The molecule has 0 saturated carbocycles. The molecular weight excluding hydrogens is 228 g/mol. The second kappa shape index (κ2) is 5.38. The van der Waals surface area contributed by atoms with Crippen molar-refractivity contribution in [3.8, 4) is 0 Å². The summed E-state index contributed by atoms with van der Waals surface area (Å²) in [4.78, 5) is 11.2. The number of carbonyl (C=O) groups is 1. The third-order valence-electron chi connectivity index (χ3n) is 2.98. The number of hydrogen-bond donors (Lipinski definition) is 0. The molecule has 0 N–H and O–H groups in total. The van der Waals surface area contributed by atoms with Crippen molar-refractivity contribution in [2.24, 2.45) is 5.92 Å². The molecule has 4 nitrogen and oxygen atoms in total. The highest BCUT2D eigenvalue weighted by Gasteiger charge is 2.45. The Kier molecular flexibility index (Phi) is 4.10. The summed E-state index contributed by atoms with van der Waals surface area (Å²) in [7, 11) is 0. The van der Waals surface area contributed by atoms with Gasteiger partial charge >= 0.3 is 5.97 Å². The molecule has 92 valence electrons. The van der Waals surface area contributed by atoms with E-state index in [1.807, 2.05) is 6.92 Å². The van der Waals surface area contributed by atoms with Gasteiger partial charge in [0.25, 0.3) is 0 Å². The highest BCUT2D eigenvalue weighted by atomic mass is 32.2. The average Bonchev–Trinajstić information content (AvgIpc) is 2.80. The summed E-state index contributed by atoms with van der Waals surface area (Å²) in [6, 6.07) is 0. The van der Waals surface area contributed by atoms with Crippen LogP contribution in [0.2, 0.25) is 0 Å². The Morgan fingerprint density at radius 2 is 2.12 bits per heavy atom. The second-order valence-corrected chi connectivity index (χ2v) is 5.46. The molecule has 0 aliphatic carbocycles. The van der Waals surface area contributed by atoms with Crippen molar-refractivity contribution in [1.29, 1.82) is 0 Å². The van der Waals surface area contributed by atoms with E-state index < -0.39 is 0 Å². The van der Waals surface area contributed by atoms with Gasteiger partial charge in [0.1, 0.15) is 0 Å². The monoisotopic (exact) mass is 246 g/mol. The van der Waals surface area contributed by atoms with Gasteiger partial charge in [-0.25, -0.2) is 0 Å². The fraction of sp³-hybridized carbons (Fsp3) is 0.909. The van der Waals surface area contributed by atoms with Crippen molar-refractivity contribution in [1.82, 2.24) is 0 Å². The maximum atomic E-state index is 11.2. The zero-order chi connectivity index (χ0) is 11.5. The Morgan fingerprint density at radius 1 is 1.38 bits per heavy atom. The molecule has 4 atom stereocenters. The standard InChI is InChI=1S/C11H18O4S/c1-3-13-9(12)6-16-8-5-15-10-7(2)4-14-11(8)10/h7-8,10-11H,3-6H2,1-2H3. The molecule has 5 heteroatoms. The van der Waals surface area contributed by atoms with E-state index in [-0.39, 0.29) is 23.4 Å². The third kappa shape index (κ3) is 2.52. The number of fused-ring (bicyclic) bond motifs is 1. The van der Waals surface area contributed by atoms with Gasteiger partial charge in [0.05, 0.1) is 43.0 Å². The van der Waals surface area contributed by atoms with Crippen LogP contribution >= 0.6 is 11.8 Å². The molecule has 0 bridgehead atoms. The van der Waals surface area contributed by atoms with Gasteiger partial charge in [0.2, 0.25) is 0 Å². The summed E-state index contributed by atoms with van der Waals surface area (Å²) in [5, 5.41) is 0.277. The van der Waals surface area contributed by atoms with Crippen molar-refractivity contribution in [2.75, 3.05) is 25.6 Å². The van der Waals surface area contributed by atoms with Gasteiger partial charge in [-0.1, -0.05) is 6.92 Å². The first-order chi connectivity index (χ1) is 7.72. The zero-order valence-corrected chi connectivity index (χ0v) is 10.5. The Hall–Kier alpha value is -0.260. The minimum Gasteiger partial charge on any atom is -0.465 e. The van der Waals surface area contributed by atoms with Gasteiger partial charge in [-0.3, -0.25) is 4.79 Å². The summed E-state index contributed by atoms with van der Waals surface area (Å²) in [5.41, 5.74) is 0. The van der Waals surface area contributed by atoms with Gasteiger partial charge in [0.15, 0.2) is 0 Å². The molecule has 4 unspecified atom stereocenters. The lowest BCUT2D eigenvalue weighted by Crippen LogP contribution is -2.27. The van der Waals surface area contributed by atoms with Crippen LogP contribution in [0.3, 0.4) is 0 Å². The summed E-state index contributed by atoms with van der Waals surface area (Å²) in [6.45, 7) is 5.86. The average molecular weight is 246 g/mol. The molecule has 2 rings (SSSR count). The van der Waals surface area contributed by atoms with E-state index in [1.54, 1.807) is 11.8 Å². The van der Waals surface area contributed by atoms with Crippen LogP contribution in [-0.4, -0.2) is 49.0 Å². The second-order valence-electron chi connectivity index (χ2n) is 4.23. The highest BCUT2D eigenvalue weighted by molar-refractivity contribution is 8.00. The molecule has 0 aromatic rings. The molecule has 0 aromatic carbocycles. The van der Waals surface area contributed by atoms with Crippen LogP contribution in [0.1, 0.15) is 13.8 Å². The van der Waals surface area contributed by atoms with Gasteiger partial charge in [-0.2, -0.15) is 0 Å². The molecule has 0 spiro atoms. The Balaban J connectivity index is 1.77. The van der Waals surface area contributed by atoms with E-state index in [9.17, 15) is 4.79 Å². The van der Waals surface area contributed by atoms with Crippen molar-refractivity contribution >= 4 is 17.7 Å². The SMILES string of the molecule is CCOC(=O)CSC1COC2C(C)COC12. The van der Waals surface area contributed by atoms with E-state index in [2.05, 4.69) is 6.92 Å². The van der Waals surface area contributed by atoms with Crippen LogP contribution in [-0.2, 0) is 19.0 Å². The zero-order valence-electron chi connectivity index (χ0n) is 9.68. The summed E-state index contributed by atoms with van der Waals surface area (Å²) in [6.07, 6.45) is 0.383. The van der Waals surface area contributed by atoms with Crippen molar-refractivity contribution < 1.29 is 19.0 Å². The van der Waals surface area contributed by atoms with Crippen molar-refractivity contribution in [2.45, 2.75) is 31.3 Å². The van der Waals surface area contributed by atoms with E-state index >= 15 is 0 Å². The third-order valence-corrected chi connectivity index (χ3v) is 4.21. The number of thioether (sulfide) groups is 1. The number of hydrogen-bond acceptors (Lipinski definition) is 5. The maximum Gasteiger partial charge on any atom is 0.315 e. The van der Waals surface area contributed by atoms with Crippen molar-refractivity contribution in [3.63, 3.8) is 0 Å². The first kappa shape index (κ1) is 12.2. The molecule has 0 radical (unpaired) electrons.